The molecule has 0 bridgehead atoms. The van der Waals surface area contributed by atoms with Crippen molar-refractivity contribution in [3.63, 3.8) is 0 Å². The van der Waals surface area contributed by atoms with Crippen molar-refractivity contribution in [2.24, 2.45) is 0 Å². The van der Waals surface area contributed by atoms with Gasteiger partial charge >= 0.3 is 6.09 Å². The van der Waals surface area contributed by atoms with E-state index in [0.29, 0.717) is 12.2 Å². The third kappa shape index (κ3) is 3.22. The maximum absolute atomic E-state index is 12.4. The van der Waals surface area contributed by atoms with Gasteiger partial charge in [0.25, 0.3) is 0 Å². The van der Waals surface area contributed by atoms with E-state index in [-0.39, 0.29) is 12.6 Å². The number of aromatic amines is 1. The number of H-pyrrole nitrogens is 1. The second kappa shape index (κ2) is 5.84. The first-order valence-electron chi connectivity index (χ1n) is 7.91. The quantitative estimate of drug-likeness (QED) is 0.789. The van der Waals surface area contributed by atoms with Crippen LogP contribution in [0.1, 0.15) is 44.6 Å². The maximum atomic E-state index is 12.4. The number of rotatable bonds is 1. The topological polar surface area (TPSA) is 78.5 Å². The van der Waals surface area contributed by atoms with Crippen LogP contribution < -0.4 is 0 Å². The fourth-order valence-corrected chi connectivity index (χ4v) is 2.87. The minimum absolute atomic E-state index is 0.228. The first kappa shape index (κ1) is 16.3. The average molecular weight is 327 g/mol. The molecule has 1 aliphatic heterocycles. The van der Waals surface area contributed by atoms with Gasteiger partial charge in [-0.3, -0.25) is 4.90 Å². The van der Waals surface area contributed by atoms with Gasteiger partial charge in [-0.15, -0.1) is 6.42 Å². The van der Waals surface area contributed by atoms with Crippen LogP contribution in [-0.2, 0) is 4.74 Å². The van der Waals surface area contributed by atoms with Crippen LogP contribution in [0.3, 0.4) is 0 Å². The number of carbonyl (C=O) groups is 1. The molecule has 1 aromatic heterocycles. The highest BCUT2D eigenvalue weighted by Crippen LogP contribution is 2.33. The molecule has 0 spiro atoms. The van der Waals surface area contributed by atoms with Crippen LogP contribution in [0, 0.1) is 12.3 Å². The van der Waals surface area contributed by atoms with Gasteiger partial charge in [-0.1, -0.05) is 5.92 Å². The summed E-state index contributed by atoms with van der Waals surface area (Å²) in [6.07, 6.45) is 4.79. The zero-order valence-electron chi connectivity index (χ0n) is 14.0. The summed E-state index contributed by atoms with van der Waals surface area (Å²) in [5, 5.41) is 10.0. The monoisotopic (exact) mass is 327 g/mol. The van der Waals surface area contributed by atoms with Gasteiger partial charge in [-0.05, 0) is 39.0 Å². The number of aliphatic hydroxyl groups is 1. The fraction of sp³-hybridized carbons (Fsp3) is 0.444. The molecule has 0 aliphatic carbocycles. The van der Waals surface area contributed by atoms with Gasteiger partial charge < -0.3 is 14.8 Å². The number of amides is 1. The molecule has 1 aromatic carbocycles. The number of hydrogen-bond acceptors (Lipinski definition) is 4. The van der Waals surface area contributed by atoms with Crippen LogP contribution in [0.25, 0.3) is 11.0 Å². The Labute approximate surface area is 140 Å². The van der Waals surface area contributed by atoms with E-state index in [2.05, 4.69) is 15.9 Å². The summed E-state index contributed by atoms with van der Waals surface area (Å²) in [6, 6.07) is 5.15. The summed E-state index contributed by atoms with van der Waals surface area (Å²) in [5.41, 5.74) is 1.75. The van der Waals surface area contributed by atoms with Gasteiger partial charge in [0.1, 0.15) is 11.4 Å². The number of aromatic nitrogens is 2. The van der Waals surface area contributed by atoms with E-state index in [1.165, 1.54) is 4.90 Å². The number of aliphatic hydroxyl groups excluding tert-OH is 1. The number of nitrogens with one attached hydrogen (secondary N) is 1. The normalized spacial score (nSPS) is 21.0. The van der Waals surface area contributed by atoms with E-state index in [4.69, 9.17) is 11.2 Å². The number of nitrogens with zero attached hydrogens (tertiary/aromatic N) is 2. The molecule has 1 aliphatic rings. The Morgan fingerprint density at radius 1 is 1.50 bits per heavy atom. The van der Waals surface area contributed by atoms with Crippen LogP contribution >= 0.6 is 0 Å². The first-order valence-corrected chi connectivity index (χ1v) is 7.91. The predicted molar refractivity (Wildman–Crippen MR) is 90.3 cm³/mol. The van der Waals surface area contributed by atoms with E-state index in [1.54, 1.807) is 0 Å². The zero-order chi connectivity index (χ0) is 17.5. The van der Waals surface area contributed by atoms with Gasteiger partial charge in [0, 0.05) is 12.0 Å². The highest BCUT2D eigenvalue weighted by Gasteiger charge is 2.39. The molecule has 2 aromatic rings. The second-order valence-corrected chi connectivity index (χ2v) is 7.04. The van der Waals surface area contributed by atoms with Crippen LogP contribution in [0.4, 0.5) is 4.79 Å². The Hall–Kier alpha value is -2.52. The van der Waals surface area contributed by atoms with Crippen LogP contribution in [0.5, 0.6) is 0 Å². The van der Waals surface area contributed by atoms with Crippen LogP contribution in [0.2, 0.25) is 0 Å². The van der Waals surface area contributed by atoms with Gasteiger partial charge in [0.2, 0.25) is 0 Å². The van der Waals surface area contributed by atoms with Crippen molar-refractivity contribution in [3.8, 4) is 12.3 Å². The Balaban J connectivity index is 1.91. The molecule has 24 heavy (non-hydrogen) atoms. The minimum atomic E-state index is -0.600. The first-order chi connectivity index (χ1) is 11.3. The number of fused-ring (bicyclic) bond motifs is 1. The van der Waals surface area contributed by atoms with Gasteiger partial charge in [0.15, 0.2) is 0 Å². The Kier molecular flexibility index (Phi) is 3.98. The zero-order valence-corrected chi connectivity index (χ0v) is 14.0. The van der Waals surface area contributed by atoms with Crippen molar-refractivity contribution in [3.05, 3.63) is 29.6 Å². The van der Waals surface area contributed by atoms with E-state index < -0.39 is 17.8 Å². The summed E-state index contributed by atoms with van der Waals surface area (Å²) in [7, 11) is 0. The molecule has 2 atom stereocenters. The molecule has 2 N–H and O–H groups in total. The Morgan fingerprint density at radius 3 is 2.92 bits per heavy atom. The molecular formula is C18H21N3O3. The number of carbonyl (C=O) groups excluding carboxylic acids is 1. The van der Waals surface area contributed by atoms with Gasteiger partial charge in [-0.25, -0.2) is 9.78 Å². The fourth-order valence-electron chi connectivity index (χ4n) is 2.87. The lowest BCUT2D eigenvalue weighted by Gasteiger charge is -2.27. The smallest absolute Gasteiger partial charge is 0.411 e. The van der Waals surface area contributed by atoms with Crippen LogP contribution in [0.15, 0.2) is 18.2 Å². The number of likely N-dealkylation sites (tertiary alicyclic amines) is 1. The molecule has 2 heterocycles. The molecule has 3 rings (SSSR count). The third-order valence-electron chi connectivity index (χ3n) is 3.89. The summed E-state index contributed by atoms with van der Waals surface area (Å²) in [6.45, 7) is 5.67. The average Bonchev–Trinajstić information content (AvgIpc) is 3.07. The summed E-state index contributed by atoms with van der Waals surface area (Å²) in [4.78, 5) is 21.7. The Morgan fingerprint density at radius 2 is 2.25 bits per heavy atom. The number of imidazole rings is 1. The Bertz CT molecular complexity index is 813. The lowest BCUT2D eigenvalue weighted by molar-refractivity contribution is 0.0201. The van der Waals surface area contributed by atoms with E-state index in [1.807, 2.05) is 39.0 Å². The largest absolute Gasteiger partial charge is 0.444 e. The SMILES string of the molecule is C#Cc1ccc2nc([C@@H]3C[C@@H](O)CN3C(=O)OC(C)(C)C)[nH]c2c1. The molecule has 6 heteroatoms. The number of terminal acetylenes is 1. The van der Waals surface area contributed by atoms with E-state index >= 15 is 0 Å². The highest BCUT2D eigenvalue weighted by molar-refractivity contribution is 5.77. The molecule has 1 amide bonds. The molecule has 1 fully saturated rings. The highest BCUT2D eigenvalue weighted by atomic mass is 16.6. The van der Waals surface area contributed by atoms with E-state index in [0.717, 1.165) is 16.6 Å². The molecule has 0 radical (unpaired) electrons. The lowest BCUT2D eigenvalue weighted by Crippen LogP contribution is -2.37. The molecule has 6 nitrogen and oxygen atoms in total. The predicted octanol–water partition coefficient (Wildman–Crippen LogP) is 2.59. The molecule has 0 saturated carbocycles. The van der Waals surface area contributed by atoms with Crippen molar-refractivity contribution in [2.75, 3.05) is 6.54 Å². The molecule has 1 saturated heterocycles. The summed E-state index contributed by atoms with van der Waals surface area (Å²) >= 11 is 0. The minimum Gasteiger partial charge on any atom is -0.444 e. The summed E-state index contributed by atoms with van der Waals surface area (Å²) in [5.74, 6) is 3.21. The van der Waals surface area contributed by atoms with Gasteiger partial charge in [0.05, 0.1) is 29.7 Å². The third-order valence-corrected chi connectivity index (χ3v) is 3.89. The van der Waals surface area contributed by atoms with Crippen molar-refractivity contribution in [1.82, 2.24) is 14.9 Å². The van der Waals surface area contributed by atoms with E-state index in [9.17, 15) is 9.90 Å². The number of ether oxygens (including phenoxy) is 1. The van der Waals surface area contributed by atoms with Crippen molar-refractivity contribution in [2.45, 2.75) is 44.9 Å². The van der Waals surface area contributed by atoms with Crippen LogP contribution in [-0.4, -0.2) is 44.3 Å². The number of hydrogen-bond donors (Lipinski definition) is 2. The van der Waals surface area contributed by atoms with Crippen molar-refractivity contribution in [1.29, 1.82) is 0 Å². The molecular weight excluding hydrogens is 306 g/mol. The lowest BCUT2D eigenvalue weighted by atomic mass is 10.2. The molecule has 126 valence electrons. The number of β-amino-alcohol motifs (C(OH)–C–C–N with tert-alkyl or cyclic N) is 1. The maximum Gasteiger partial charge on any atom is 0.411 e. The van der Waals surface area contributed by atoms with Gasteiger partial charge in [-0.2, -0.15) is 0 Å². The standard InChI is InChI=1S/C18H21N3O3/c1-5-11-6-7-13-14(8-11)20-16(19-13)15-9-12(22)10-21(15)17(23)24-18(2,3)4/h1,6-8,12,15,22H,9-10H2,2-4H3,(H,19,20)/t12-,15+/m1/s1. The molecule has 0 unspecified atom stereocenters. The van der Waals surface area contributed by atoms with Crippen molar-refractivity contribution >= 4 is 17.1 Å². The number of benzene rings is 1. The second-order valence-electron chi connectivity index (χ2n) is 7.04. The van der Waals surface area contributed by atoms with Crippen molar-refractivity contribution < 1.29 is 14.6 Å². The summed E-state index contributed by atoms with van der Waals surface area (Å²) < 4.78 is 5.44.